The van der Waals surface area contributed by atoms with Crippen molar-refractivity contribution in [3.63, 3.8) is 0 Å². The predicted octanol–water partition coefficient (Wildman–Crippen LogP) is 6.76. The predicted molar refractivity (Wildman–Crippen MR) is 124 cm³/mol. The van der Waals surface area contributed by atoms with E-state index in [0.29, 0.717) is 13.0 Å². The van der Waals surface area contributed by atoms with Crippen molar-refractivity contribution in [2.75, 3.05) is 7.05 Å². The molecular formula is C21H26Br3NO2. The van der Waals surface area contributed by atoms with Crippen LogP contribution in [0.5, 0.6) is 0 Å². The molecule has 0 aliphatic carbocycles. The minimum Gasteiger partial charge on any atom is -0.342 e. The first-order valence-corrected chi connectivity index (χ1v) is 11.2. The molecule has 0 fully saturated rings. The summed E-state index contributed by atoms with van der Waals surface area (Å²) >= 11 is 10.1. The molecule has 27 heavy (non-hydrogen) atoms. The second-order valence-corrected chi connectivity index (χ2v) is 8.21. The molecule has 0 saturated heterocycles. The molecule has 0 bridgehead atoms. The lowest BCUT2D eigenvalue weighted by atomic mass is 10.2. The molecule has 0 aliphatic heterocycles. The Labute approximate surface area is 187 Å². The fraction of sp³-hybridized carbons (Fsp3) is 0.333. The highest BCUT2D eigenvalue weighted by molar-refractivity contribution is 9.10. The molecule has 0 heterocycles. The van der Waals surface area contributed by atoms with E-state index in [1.165, 1.54) is 5.56 Å². The van der Waals surface area contributed by atoms with Gasteiger partial charge < -0.3 is 9.69 Å². The van der Waals surface area contributed by atoms with E-state index >= 15 is 0 Å². The zero-order valence-electron chi connectivity index (χ0n) is 16.1. The van der Waals surface area contributed by atoms with Gasteiger partial charge in [0.2, 0.25) is 5.91 Å². The average molecular weight is 564 g/mol. The summed E-state index contributed by atoms with van der Waals surface area (Å²) in [6, 6.07) is 16.2. The fourth-order valence-electron chi connectivity index (χ4n) is 1.55. The molecule has 2 rings (SSSR count). The fourth-order valence-corrected chi connectivity index (χ4v) is 2.45. The van der Waals surface area contributed by atoms with Crippen LogP contribution in [-0.2, 0) is 21.5 Å². The Bertz CT molecular complexity index is 686. The van der Waals surface area contributed by atoms with Crippen molar-refractivity contribution in [3.8, 4) is 0 Å². The number of benzene rings is 2. The van der Waals surface area contributed by atoms with Crippen LogP contribution < -0.4 is 0 Å². The van der Waals surface area contributed by atoms with E-state index in [4.69, 9.17) is 0 Å². The Hall–Kier alpha value is -0.980. The van der Waals surface area contributed by atoms with E-state index in [2.05, 4.69) is 59.9 Å². The zero-order valence-corrected chi connectivity index (χ0v) is 20.9. The van der Waals surface area contributed by atoms with Gasteiger partial charge in [-0.15, -0.1) is 0 Å². The smallest absolute Gasteiger partial charge is 0.219 e. The Morgan fingerprint density at radius 2 is 1.22 bits per heavy atom. The molecule has 0 atom stereocenters. The molecule has 0 saturated carbocycles. The summed E-state index contributed by atoms with van der Waals surface area (Å²) in [6.45, 7) is 5.67. The number of carbonyl (C=O) groups excluding carboxylic acids is 2. The highest BCUT2D eigenvalue weighted by atomic mass is 79.9. The van der Waals surface area contributed by atoms with Gasteiger partial charge in [-0.2, -0.15) is 0 Å². The molecule has 0 radical (unpaired) electrons. The van der Waals surface area contributed by atoms with Crippen LogP contribution >= 0.6 is 47.8 Å². The summed E-state index contributed by atoms with van der Waals surface area (Å²) in [7, 11) is 1.80. The number of amides is 1. The molecule has 0 spiro atoms. The second-order valence-electron chi connectivity index (χ2n) is 5.82. The highest BCUT2D eigenvalue weighted by Crippen LogP contribution is 2.12. The van der Waals surface area contributed by atoms with Gasteiger partial charge in [0.1, 0.15) is 5.78 Å². The SMILES string of the molecule is BrCc1ccc(Br)cc1.CC(=O)N(C)Cc1ccc(Br)cc1.CCC(C)=O. The molecule has 0 aromatic heterocycles. The molecule has 0 N–H and O–H groups in total. The van der Waals surface area contributed by atoms with E-state index in [0.717, 1.165) is 19.8 Å². The number of rotatable bonds is 4. The van der Waals surface area contributed by atoms with Crippen molar-refractivity contribution in [2.45, 2.75) is 39.1 Å². The van der Waals surface area contributed by atoms with Gasteiger partial charge >= 0.3 is 0 Å². The molecule has 6 heteroatoms. The third-order valence-electron chi connectivity index (χ3n) is 3.44. The zero-order chi connectivity index (χ0) is 20.8. The molecule has 148 valence electrons. The summed E-state index contributed by atoms with van der Waals surface area (Å²) in [6.07, 6.45) is 0.667. The maximum atomic E-state index is 10.9. The number of halogens is 3. The van der Waals surface area contributed by atoms with Crippen LogP contribution in [0.25, 0.3) is 0 Å². The first-order valence-electron chi connectivity index (χ1n) is 8.45. The van der Waals surface area contributed by atoms with Crippen LogP contribution in [0.2, 0.25) is 0 Å². The number of ketones is 1. The lowest BCUT2D eigenvalue weighted by molar-refractivity contribution is -0.128. The molecule has 2 aromatic carbocycles. The molecule has 2 aromatic rings. The van der Waals surface area contributed by atoms with Gasteiger partial charge in [-0.25, -0.2) is 0 Å². The third kappa shape index (κ3) is 13.8. The van der Waals surface area contributed by atoms with Gasteiger partial charge in [-0.1, -0.05) is 79.0 Å². The lowest BCUT2D eigenvalue weighted by Gasteiger charge is -2.14. The van der Waals surface area contributed by atoms with Gasteiger partial charge in [0.25, 0.3) is 0 Å². The maximum absolute atomic E-state index is 10.9. The van der Waals surface area contributed by atoms with Gasteiger partial charge in [0.15, 0.2) is 0 Å². The van der Waals surface area contributed by atoms with Gasteiger partial charge in [-0.05, 0) is 42.3 Å². The molecule has 0 unspecified atom stereocenters. The highest BCUT2D eigenvalue weighted by Gasteiger charge is 2.02. The quantitative estimate of drug-likeness (QED) is 0.386. The number of hydrogen-bond acceptors (Lipinski definition) is 2. The van der Waals surface area contributed by atoms with Crippen LogP contribution in [0.15, 0.2) is 57.5 Å². The molecular weight excluding hydrogens is 538 g/mol. The largest absolute Gasteiger partial charge is 0.342 e. The first-order chi connectivity index (χ1) is 12.7. The van der Waals surface area contributed by atoms with Crippen LogP contribution in [-0.4, -0.2) is 23.6 Å². The Kier molecular flexibility index (Phi) is 14.5. The van der Waals surface area contributed by atoms with Crippen molar-refractivity contribution in [1.29, 1.82) is 0 Å². The van der Waals surface area contributed by atoms with E-state index in [-0.39, 0.29) is 11.7 Å². The van der Waals surface area contributed by atoms with Crippen LogP contribution in [0.3, 0.4) is 0 Å². The number of alkyl halides is 1. The van der Waals surface area contributed by atoms with Crippen molar-refractivity contribution >= 4 is 59.5 Å². The molecule has 0 aliphatic rings. The van der Waals surface area contributed by atoms with Crippen molar-refractivity contribution in [1.82, 2.24) is 4.90 Å². The standard InChI is InChI=1S/C10H12BrNO.C7H6Br2.C4H8O/c1-8(13)12(2)7-9-3-5-10(11)6-4-9;8-5-6-1-3-7(9)4-2-6;1-3-4(2)5/h3-6H,7H2,1-2H3;1-4H,5H2;3H2,1-2H3. The Balaban J connectivity index is 0.000000419. The second kappa shape index (κ2) is 15.0. The van der Waals surface area contributed by atoms with E-state index < -0.39 is 0 Å². The molecule has 1 amide bonds. The minimum atomic E-state index is 0.0860. The van der Waals surface area contributed by atoms with Gasteiger partial charge in [0, 0.05) is 41.2 Å². The van der Waals surface area contributed by atoms with E-state index in [1.807, 2.05) is 43.3 Å². The van der Waals surface area contributed by atoms with Crippen molar-refractivity contribution in [2.24, 2.45) is 0 Å². The number of hydrogen-bond donors (Lipinski definition) is 0. The summed E-state index contributed by atoms with van der Waals surface area (Å²) in [5.41, 5.74) is 2.44. The normalized spacial score (nSPS) is 9.30. The summed E-state index contributed by atoms with van der Waals surface area (Å²) in [5.74, 6) is 0.341. The number of nitrogens with zero attached hydrogens (tertiary/aromatic N) is 1. The summed E-state index contributed by atoms with van der Waals surface area (Å²) < 4.78 is 2.19. The van der Waals surface area contributed by atoms with Crippen molar-refractivity contribution in [3.05, 3.63) is 68.6 Å². The maximum Gasteiger partial charge on any atom is 0.219 e. The van der Waals surface area contributed by atoms with E-state index in [1.54, 1.807) is 25.8 Å². The summed E-state index contributed by atoms with van der Waals surface area (Å²) in [4.78, 5) is 22.4. The lowest BCUT2D eigenvalue weighted by Crippen LogP contribution is -2.22. The third-order valence-corrected chi connectivity index (χ3v) is 5.14. The topological polar surface area (TPSA) is 37.4 Å². The average Bonchev–Trinajstić information content (AvgIpc) is 2.65. The first kappa shape index (κ1) is 26.0. The van der Waals surface area contributed by atoms with E-state index in [9.17, 15) is 9.59 Å². The molecule has 3 nitrogen and oxygen atoms in total. The summed E-state index contributed by atoms with van der Waals surface area (Å²) in [5, 5.41) is 0.931. The van der Waals surface area contributed by atoms with Crippen LogP contribution in [0.1, 0.15) is 38.3 Å². The Morgan fingerprint density at radius 3 is 1.52 bits per heavy atom. The van der Waals surface area contributed by atoms with Crippen molar-refractivity contribution < 1.29 is 9.59 Å². The van der Waals surface area contributed by atoms with Gasteiger partial charge in [0.05, 0.1) is 0 Å². The number of Topliss-reactive ketones (excluding diaryl/α,β-unsaturated/α-hetero) is 1. The van der Waals surface area contributed by atoms with Crippen LogP contribution in [0.4, 0.5) is 0 Å². The minimum absolute atomic E-state index is 0.0860. The Morgan fingerprint density at radius 1 is 0.852 bits per heavy atom. The van der Waals surface area contributed by atoms with Crippen LogP contribution in [0, 0.1) is 0 Å². The monoisotopic (exact) mass is 561 g/mol. The number of carbonyl (C=O) groups is 2. The van der Waals surface area contributed by atoms with Gasteiger partial charge in [-0.3, -0.25) is 4.79 Å².